The Bertz CT molecular complexity index is 795. The van der Waals surface area contributed by atoms with Gasteiger partial charge in [-0.05, 0) is 80.5 Å². The number of rotatable bonds is 4. The van der Waals surface area contributed by atoms with Crippen molar-refractivity contribution in [2.75, 3.05) is 0 Å². The second-order valence-electron chi connectivity index (χ2n) is 8.40. The number of hydrogen-bond acceptors (Lipinski definition) is 4. The maximum absolute atomic E-state index is 13.0. The lowest BCUT2D eigenvalue weighted by molar-refractivity contribution is -0.146. The van der Waals surface area contributed by atoms with E-state index in [9.17, 15) is 4.79 Å². The first kappa shape index (κ1) is 16.3. The summed E-state index contributed by atoms with van der Waals surface area (Å²) >= 11 is 5.91. The van der Waals surface area contributed by atoms with E-state index in [0.29, 0.717) is 23.3 Å². The van der Waals surface area contributed by atoms with Crippen molar-refractivity contribution in [2.45, 2.75) is 45.1 Å². The molecule has 4 aliphatic carbocycles. The van der Waals surface area contributed by atoms with Crippen molar-refractivity contribution in [1.82, 2.24) is 15.5 Å². The number of hydrogen-bond donors (Lipinski definition) is 1. The third-order valence-electron chi connectivity index (χ3n) is 6.49. The van der Waals surface area contributed by atoms with E-state index in [1.807, 2.05) is 12.1 Å². The van der Waals surface area contributed by atoms with Crippen LogP contribution in [0.4, 0.5) is 0 Å². The van der Waals surface area contributed by atoms with Crippen molar-refractivity contribution < 1.29 is 9.32 Å². The minimum atomic E-state index is -0.145. The van der Waals surface area contributed by atoms with E-state index in [2.05, 4.69) is 15.5 Å². The fraction of sp³-hybridized carbons (Fsp3) is 0.550. The van der Waals surface area contributed by atoms with Gasteiger partial charge in [-0.1, -0.05) is 16.8 Å². The highest BCUT2D eigenvalue weighted by Gasteiger charge is 2.54. The van der Waals surface area contributed by atoms with Crippen LogP contribution in [0, 0.1) is 23.2 Å². The zero-order valence-electron chi connectivity index (χ0n) is 14.6. The molecule has 1 aromatic carbocycles. The number of carbonyl (C=O) groups excluding carboxylic acids is 1. The van der Waals surface area contributed by atoms with Gasteiger partial charge in [0.2, 0.25) is 17.6 Å². The van der Waals surface area contributed by atoms with Crippen LogP contribution in [0.2, 0.25) is 5.02 Å². The molecule has 26 heavy (non-hydrogen) atoms. The van der Waals surface area contributed by atoms with Crippen LogP contribution in [0.15, 0.2) is 28.8 Å². The van der Waals surface area contributed by atoms with E-state index in [1.54, 1.807) is 12.1 Å². The quantitative estimate of drug-likeness (QED) is 0.873. The molecule has 1 aromatic heterocycles. The highest BCUT2D eigenvalue weighted by atomic mass is 35.5. The molecular formula is C20H22ClN3O2. The lowest BCUT2D eigenvalue weighted by atomic mass is 9.49. The molecule has 6 rings (SSSR count). The zero-order chi connectivity index (χ0) is 17.7. The molecule has 0 saturated heterocycles. The van der Waals surface area contributed by atoms with Gasteiger partial charge in [0.05, 0.1) is 6.54 Å². The monoisotopic (exact) mass is 371 g/mol. The molecule has 136 valence electrons. The summed E-state index contributed by atoms with van der Waals surface area (Å²) in [6.07, 6.45) is 7.18. The summed E-state index contributed by atoms with van der Waals surface area (Å²) in [6.45, 7) is 0.293. The second kappa shape index (κ2) is 6.08. The molecule has 0 atom stereocenters. The van der Waals surface area contributed by atoms with Gasteiger partial charge in [-0.15, -0.1) is 0 Å². The van der Waals surface area contributed by atoms with Crippen molar-refractivity contribution in [3.8, 4) is 11.4 Å². The molecule has 4 bridgehead atoms. The molecule has 1 heterocycles. The molecule has 5 nitrogen and oxygen atoms in total. The van der Waals surface area contributed by atoms with Crippen LogP contribution in [0.5, 0.6) is 0 Å². The molecule has 0 radical (unpaired) electrons. The van der Waals surface area contributed by atoms with Gasteiger partial charge in [-0.2, -0.15) is 4.98 Å². The number of nitrogens with zero attached hydrogens (tertiary/aromatic N) is 2. The van der Waals surface area contributed by atoms with Gasteiger partial charge >= 0.3 is 0 Å². The topological polar surface area (TPSA) is 68.0 Å². The molecule has 4 aliphatic rings. The number of amides is 1. The largest absolute Gasteiger partial charge is 0.347 e. The maximum atomic E-state index is 13.0. The molecule has 1 amide bonds. The summed E-state index contributed by atoms with van der Waals surface area (Å²) in [5, 5.41) is 7.75. The number of halogens is 1. The highest BCUT2D eigenvalue weighted by Crippen LogP contribution is 2.60. The predicted molar refractivity (Wildman–Crippen MR) is 97.2 cm³/mol. The van der Waals surface area contributed by atoms with Gasteiger partial charge in [0.1, 0.15) is 0 Å². The molecule has 6 heteroatoms. The van der Waals surface area contributed by atoms with E-state index < -0.39 is 0 Å². The average molecular weight is 372 g/mol. The second-order valence-corrected chi connectivity index (χ2v) is 8.84. The van der Waals surface area contributed by atoms with E-state index in [1.165, 1.54) is 19.3 Å². The molecular weight excluding hydrogens is 350 g/mol. The predicted octanol–water partition coefficient (Wildman–Crippen LogP) is 4.22. The van der Waals surface area contributed by atoms with Crippen molar-refractivity contribution in [3.63, 3.8) is 0 Å². The summed E-state index contributed by atoms with van der Waals surface area (Å²) in [5.74, 6) is 3.40. The Morgan fingerprint density at radius 1 is 1.12 bits per heavy atom. The molecule has 1 N–H and O–H groups in total. The number of carbonyl (C=O) groups is 1. The summed E-state index contributed by atoms with van der Waals surface area (Å²) in [7, 11) is 0. The Hall–Kier alpha value is -1.88. The van der Waals surface area contributed by atoms with Crippen molar-refractivity contribution in [2.24, 2.45) is 23.2 Å². The highest BCUT2D eigenvalue weighted by molar-refractivity contribution is 6.30. The number of nitrogens with one attached hydrogen (secondary N) is 1. The first-order chi connectivity index (χ1) is 12.6. The van der Waals surface area contributed by atoms with E-state index in [-0.39, 0.29) is 11.3 Å². The van der Waals surface area contributed by atoms with Crippen LogP contribution >= 0.6 is 11.6 Å². The fourth-order valence-electron chi connectivity index (χ4n) is 5.78. The SMILES string of the molecule is O=C(NCc1nc(-c2ccc(Cl)cc2)no1)C12CC3CC(CC(C3)C1)C2. The van der Waals surface area contributed by atoms with Gasteiger partial charge in [-0.3, -0.25) is 4.79 Å². The van der Waals surface area contributed by atoms with E-state index >= 15 is 0 Å². The standard InChI is InChI=1S/C20H22ClN3O2/c21-16-3-1-15(2-4-16)18-23-17(26-24-18)11-22-19(25)20-8-12-5-13(9-20)7-14(6-12)10-20/h1-4,12-14H,5-11H2,(H,22,25). The number of aromatic nitrogens is 2. The fourth-order valence-corrected chi connectivity index (χ4v) is 5.90. The molecule has 4 saturated carbocycles. The van der Waals surface area contributed by atoms with Gasteiger partial charge in [0.25, 0.3) is 0 Å². The Balaban J connectivity index is 1.25. The maximum Gasteiger partial charge on any atom is 0.246 e. The van der Waals surface area contributed by atoms with Crippen LogP contribution in [0.1, 0.15) is 44.4 Å². The summed E-state index contributed by atoms with van der Waals surface area (Å²) < 4.78 is 5.31. The molecule has 0 spiro atoms. The van der Waals surface area contributed by atoms with E-state index in [4.69, 9.17) is 16.1 Å². The van der Waals surface area contributed by atoms with E-state index in [0.717, 1.165) is 42.6 Å². The Labute approximate surface area is 157 Å². The zero-order valence-corrected chi connectivity index (χ0v) is 15.3. The lowest BCUT2D eigenvalue weighted by Gasteiger charge is -2.55. The lowest BCUT2D eigenvalue weighted by Crippen LogP contribution is -2.53. The summed E-state index contributed by atoms with van der Waals surface area (Å²) in [6, 6.07) is 7.29. The Kier molecular flexibility index (Phi) is 3.82. The Morgan fingerprint density at radius 2 is 1.73 bits per heavy atom. The van der Waals surface area contributed by atoms with Gasteiger partial charge < -0.3 is 9.84 Å². The Morgan fingerprint density at radius 3 is 2.35 bits per heavy atom. The van der Waals surface area contributed by atoms with Crippen LogP contribution in [0.25, 0.3) is 11.4 Å². The average Bonchev–Trinajstić information content (AvgIpc) is 3.08. The normalized spacial score (nSPS) is 32.0. The third-order valence-corrected chi connectivity index (χ3v) is 6.74. The van der Waals surface area contributed by atoms with Crippen LogP contribution in [-0.4, -0.2) is 16.0 Å². The molecule has 0 aliphatic heterocycles. The van der Waals surface area contributed by atoms with Crippen molar-refractivity contribution in [1.29, 1.82) is 0 Å². The minimum absolute atomic E-state index is 0.145. The van der Waals surface area contributed by atoms with Gasteiger partial charge in [0.15, 0.2) is 0 Å². The van der Waals surface area contributed by atoms with Gasteiger partial charge in [-0.25, -0.2) is 0 Å². The molecule has 2 aromatic rings. The first-order valence-corrected chi connectivity index (χ1v) is 9.84. The summed E-state index contributed by atoms with van der Waals surface area (Å²) in [5.41, 5.74) is 0.699. The van der Waals surface area contributed by atoms with Crippen LogP contribution in [0.3, 0.4) is 0 Å². The number of benzene rings is 1. The van der Waals surface area contributed by atoms with Crippen molar-refractivity contribution >= 4 is 17.5 Å². The van der Waals surface area contributed by atoms with Crippen LogP contribution < -0.4 is 5.32 Å². The minimum Gasteiger partial charge on any atom is -0.347 e. The molecule has 0 unspecified atom stereocenters. The first-order valence-electron chi connectivity index (χ1n) is 9.46. The molecule has 4 fully saturated rings. The van der Waals surface area contributed by atoms with Crippen LogP contribution in [-0.2, 0) is 11.3 Å². The third kappa shape index (κ3) is 2.82. The summed E-state index contributed by atoms with van der Waals surface area (Å²) in [4.78, 5) is 17.4. The van der Waals surface area contributed by atoms with Gasteiger partial charge in [0, 0.05) is 16.0 Å². The smallest absolute Gasteiger partial charge is 0.246 e. The van der Waals surface area contributed by atoms with Crippen molar-refractivity contribution in [3.05, 3.63) is 35.2 Å².